The average molecular weight is 291 g/mol. The molecule has 116 valence electrons. The van der Waals surface area contributed by atoms with E-state index >= 15 is 0 Å². The van der Waals surface area contributed by atoms with Crippen LogP contribution in [-0.2, 0) is 0 Å². The van der Waals surface area contributed by atoms with Crippen LogP contribution in [-0.4, -0.2) is 41.2 Å². The minimum Gasteiger partial charge on any atom is -0.493 e. The van der Waals surface area contributed by atoms with Crippen LogP contribution in [0.15, 0.2) is 24.3 Å². The zero-order valence-electron chi connectivity index (χ0n) is 13.1. The van der Waals surface area contributed by atoms with Crippen LogP contribution >= 0.6 is 0 Å². The summed E-state index contributed by atoms with van der Waals surface area (Å²) in [5, 5.41) is 9.53. The number of aliphatic hydroxyl groups is 1. The Bertz CT molecular complexity index is 463. The molecule has 4 heteroatoms. The van der Waals surface area contributed by atoms with E-state index in [0.717, 1.165) is 12.4 Å². The van der Waals surface area contributed by atoms with Gasteiger partial charge >= 0.3 is 0 Å². The third-order valence-corrected chi connectivity index (χ3v) is 3.63. The van der Waals surface area contributed by atoms with Crippen molar-refractivity contribution >= 4 is 5.91 Å². The zero-order valence-corrected chi connectivity index (χ0v) is 13.1. The third kappa shape index (κ3) is 4.74. The minimum atomic E-state index is -0.530. The van der Waals surface area contributed by atoms with Gasteiger partial charge in [0.15, 0.2) is 0 Å². The van der Waals surface area contributed by atoms with E-state index in [4.69, 9.17) is 4.74 Å². The quantitative estimate of drug-likeness (QED) is 0.840. The van der Waals surface area contributed by atoms with Gasteiger partial charge in [0, 0.05) is 18.2 Å². The van der Waals surface area contributed by atoms with E-state index in [0.29, 0.717) is 18.0 Å². The van der Waals surface area contributed by atoms with Crippen molar-refractivity contribution in [1.29, 1.82) is 0 Å². The number of ether oxygens (including phenoxy) is 1. The Hall–Kier alpha value is -1.55. The molecule has 2 rings (SSSR count). The lowest BCUT2D eigenvalue weighted by Gasteiger charge is -2.28. The van der Waals surface area contributed by atoms with Crippen molar-refractivity contribution < 1.29 is 14.6 Å². The molecule has 1 aromatic carbocycles. The van der Waals surface area contributed by atoms with E-state index in [2.05, 4.69) is 0 Å². The summed E-state index contributed by atoms with van der Waals surface area (Å²) in [6.07, 6.45) is 2.00. The number of carbonyl (C=O) groups is 1. The molecule has 0 aliphatic heterocycles. The van der Waals surface area contributed by atoms with E-state index in [-0.39, 0.29) is 11.9 Å². The summed E-state index contributed by atoms with van der Waals surface area (Å²) in [5.41, 5.74) is 0.628. The zero-order chi connectivity index (χ0) is 15.4. The van der Waals surface area contributed by atoms with Crippen LogP contribution in [0.4, 0.5) is 0 Å². The number of benzene rings is 1. The van der Waals surface area contributed by atoms with Crippen LogP contribution in [0, 0.1) is 5.92 Å². The third-order valence-electron chi connectivity index (χ3n) is 3.63. The van der Waals surface area contributed by atoms with E-state index in [1.165, 1.54) is 12.8 Å². The predicted octanol–water partition coefficient (Wildman–Crippen LogP) is 2.71. The molecule has 0 spiro atoms. The van der Waals surface area contributed by atoms with Gasteiger partial charge in [0.2, 0.25) is 0 Å². The SMILES string of the molecule is CC(O)CN(C(=O)c1ccc(OCC2CC2)cc1)C(C)C. The number of nitrogens with zero attached hydrogens (tertiary/aromatic N) is 1. The first kappa shape index (κ1) is 15.8. The van der Waals surface area contributed by atoms with Gasteiger partial charge in [0.05, 0.1) is 12.7 Å². The Morgan fingerprint density at radius 3 is 2.38 bits per heavy atom. The highest BCUT2D eigenvalue weighted by atomic mass is 16.5. The van der Waals surface area contributed by atoms with Crippen LogP contribution in [0.1, 0.15) is 44.0 Å². The largest absolute Gasteiger partial charge is 0.493 e. The molecule has 0 aromatic heterocycles. The smallest absolute Gasteiger partial charge is 0.254 e. The fourth-order valence-electron chi connectivity index (χ4n) is 2.17. The van der Waals surface area contributed by atoms with Gasteiger partial charge in [0.1, 0.15) is 5.75 Å². The van der Waals surface area contributed by atoms with E-state index in [1.54, 1.807) is 24.0 Å². The van der Waals surface area contributed by atoms with Gasteiger partial charge in [-0.2, -0.15) is 0 Å². The first-order valence-electron chi connectivity index (χ1n) is 7.69. The second kappa shape index (κ2) is 6.94. The Morgan fingerprint density at radius 2 is 1.90 bits per heavy atom. The highest BCUT2D eigenvalue weighted by Gasteiger charge is 2.22. The molecule has 1 aliphatic carbocycles. The maximum absolute atomic E-state index is 12.5. The lowest BCUT2D eigenvalue weighted by atomic mass is 10.1. The number of rotatable bonds is 7. The van der Waals surface area contributed by atoms with Crippen molar-refractivity contribution in [2.24, 2.45) is 5.92 Å². The highest BCUT2D eigenvalue weighted by Crippen LogP contribution is 2.29. The second-order valence-electron chi connectivity index (χ2n) is 6.18. The summed E-state index contributed by atoms with van der Waals surface area (Å²) in [7, 11) is 0. The molecule has 1 unspecified atom stereocenters. The van der Waals surface area contributed by atoms with Crippen molar-refractivity contribution in [3.63, 3.8) is 0 Å². The van der Waals surface area contributed by atoms with Crippen LogP contribution in [0.2, 0.25) is 0 Å². The van der Waals surface area contributed by atoms with E-state index < -0.39 is 6.10 Å². The van der Waals surface area contributed by atoms with Crippen LogP contribution in [0.3, 0.4) is 0 Å². The molecular weight excluding hydrogens is 266 g/mol. The minimum absolute atomic E-state index is 0.0536. The molecule has 0 saturated heterocycles. The average Bonchev–Trinajstić information content (AvgIpc) is 3.26. The molecular formula is C17H25NO3. The standard InChI is InChI=1S/C17H25NO3/c1-12(2)18(10-13(3)19)17(20)15-6-8-16(9-7-15)21-11-14-4-5-14/h6-9,12-14,19H,4-5,10-11H2,1-3H3. The molecule has 4 nitrogen and oxygen atoms in total. The summed E-state index contributed by atoms with van der Waals surface area (Å²) in [6.45, 7) is 6.71. The van der Waals surface area contributed by atoms with Crippen molar-refractivity contribution in [3.8, 4) is 5.75 Å². The van der Waals surface area contributed by atoms with Crippen molar-refractivity contribution in [2.45, 2.75) is 45.8 Å². The molecule has 1 atom stereocenters. The van der Waals surface area contributed by atoms with Gasteiger partial charge in [-0.1, -0.05) is 0 Å². The second-order valence-corrected chi connectivity index (χ2v) is 6.18. The molecule has 1 aromatic rings. The normalized spacial score (nSPS) is 15.9. The number of hydrogen-bond acceptors (Lipinski definition) is 3. The van der Waals surface area contributed by atoms with E-state index in [9.17, 15) is 9.90 Å². The predicted molar refractivity (Wildman–Crippen MR) is 82.5 cm³/mol. The maximum atomic E-state index is 12.5. The molecule has 0 heterocycles. The summed E-state index contributed by atoms with van der Waals surface area (Å²) < 4.78 is 5.67. The topological polar surface area (TPSA) is 49.8 Å². The fraction of sp³-hybridized carbons (Fsp3) is 0.588. The van der Waals surface area contributed by atoms with Crippen LogP contribution in [0.5, 0.6) is 5.75 Å². The molecule has 0 bridgehead atoms. The van der Waals surface area contributed by atoms with Gasteiger partial charge in [-0.3, -0.25) is 4.79 Å². The van der Waals surface area contributed by atoms with Crippen LogP contribution < -0.4 is 4.74 Å². The van der Waals surface area contributed by atoms with E-state index in [1.807, 2.05) is 26.0 Å². The molecule has 1 fully saturated rings. The first-order chi connectivity index (χ1) is 9.97. The van der Waals surface area contributed by atoms with Gasteiger partial charge in [0.25, 0.3) is 5.91 Å². The van der Waals surface area contributed by atoms with Crippen molar-refractivity contribution in [1.82, 2.24) is 4.90 Å². The molecule has 1 N–H and O–H groups in total. The summed E-state index contributed by atoms with van der Waals surface area (Å²) in [4.78, 5) is 14.2. The maximum Gasteiger partial charge on any atom is 0.254 e. The summed E-state index contributed by atoms with van der Waals surface area (Å²) >= 11 is 0. The lowest BCUT2D eigenvalue weighted by Crippen LogP contribution is -2.41. The Labute approximate surface area is 126 Å². The van der Waals surface area contributed by atoms with Crippen molar-refractivity contribution in [3.05, 3.63) is 29.8 Å². The first-order valence-corrected chi connectivity index (χ1v) is 7.69. The molecule has 1 amide bonds. The van der Waals surface area contributed by atoms with Gasteiger partial charge in [-0.05, 0) is 63.8 Å². The molecule has 1 aliphatic rings. The summed E-state index contributed by atoms with van der Waals surface area (Å²) in [6, 6.07) is 7.33. The number of hydrogen-bond donors (Lipinski definition) is 1. The monoisotopic (exact) mass is 291 g/mol. The number of aliphatic hydroxyl groups excluding tert-OH is 1. The van der Waals surface area contributed by atoms with Gasteiger partial charge in [-0.25, -0.2) is 0 Å². The summed E-state index contributed by atoms with van der Waals surface area (Å²) in [5.74, 6) is 1.47. The Balaban J connectivity index is 1.99. The Kier molecular flexibility index (Phi) is 5.23. The number of carbonyl (C=O) groups excluding carboxylic acids is 1. The fourth-order valence-corrected chi connectivity index (χ4v) is 2.17. The molecule has 1 saturated carbocycles. The van der Waals surface area contributed by atoms with Crippen molar-refractivity contribution in [2.75, 3.05) is 13.2 Å². The van der Waals surface area contributed by atoms with Gasteiger partial charge < -0.3 is 14.7 Å². The lowest BCUT2D eigenvalue weighted by molar-refractivity contribution is 0.0579. The van der Waals surface area contributed by atoms with Crippen LogP contribution in [0.25, 0.3) is 0 Å². The molecule has 21 heavy (non-hydrogen) atoms. The number of amides is 1. The highest BCUT2D eigenvalue weighted by molar-refractivity contribution is 5.94. The Morgan fingerprint density at radius 1 is 1.29 bits per heavy atom. The molecule has 0 radical (unpaired) electrons. The van der Waals surface area contributed by atoms with Gasteiger partial charge in [-0.15, -0.1) is 0 Å².